The van der Waals surface area contributed by atoms with Crippen molar-refractivity contribution < 1.29 is 4.79 Å². The van der Waals surface area contributed by atoms with Crippen molar-refractivity contribution in [2.75, 3.05) is 5.73 Å². The van der Waals surface area contributed by atoms with Crippen molar-refractivity contribution >= 4 is 11.6 Å². The molecular weight excluding hydrogens is 218 g/mol. The van der Waals surface area contributed by atoms with Crippen molar-refractivity contribution in [3.8, 4) is 0 Å². The fraction of sp³-hybridized carbons (Fsp3) is 0.182. The first kappa shape index (κ1) is 11.1. The van der Waals surface area contributed by atoms with Gasteiger partial charge in [-0.05, 0) is 19.1 Å². The van der Waals surface area contributed by atoms with Gasteiger partial charge in [-0.25, -0.2) is 0 Å². The van der Waals surface area contributed by atoms with Gasteiger partial charge < -0.3 is 11.1 Å². The summed E-state index contributed by atoms with van der Waals surface area (Å²) in [6.45, 7) is 2.26. The first-order chi connectivity index (χ1) is 8.16. The summed E-state index contributed by atoms with van der Waals surface area (Å²) in [4.78, 5) is 16.0. The monoisotopic (exact) mass is 231 g/mol. The van der Waals surface area contributed by atoms with Crippen molar-refractivity contribution in [2.45, 2.75) is 13.5 Å². The first-order valence-corrected chi connectivity index (χ1v) is 5.16. The van der Waals surface area contributed by atoms with Gasteiger partial charge in [0.1, 0.15) is 5.69 Å². The van der Waals surface area contributed by atoms with Gasteiger partial charge in [-0.2, -0.15) is 5.10 Å². The van der Waals surface area contributed by atoms with Gasteiger partial charge in [0.2, 0.25) is 0 Å². The van der Waals surface area contributed by atoms with Crippen LogP contribution < -0.4 is 11.1 Å². The minimum atomic E-state index is -0.289. The fourth-order valence-electron chi connectivity index (χ4n) is 1.43. The van der Waals surface area contributed by atoms with Crippen LogP contribution in [0.15, 0.2) is 24.4 Å². The van der Waals surface area contributed by atoms with Crippen LogP contribution >= 0.6 is 0 Å². The predicted molar refractivity (Wildman–Crippen MR) is 63.1 cm³/mol. The second-order valence-corrected chi connectivity index (χ2v) is 3.65. The molecule has 0 radical (unpaired) electrons. The Morgan fingerprint density at radius 2 is 2.35 bits per heavy atom. The number of nitrogens with one attached hydrogen (secondary N) is 2. The lowest BCUT2D eigenvalue weighted by atomic mass is 10.3. The fourth-order valence-corrected chi connectivity index (χ4v) is 1.43. The van der Waals surface area contributed by atoms with Crippen LogP contribution in [-0.2, 0) is 6.54 Å². The van der Waals surface area contributed by atoms with Crippen LogP contribution in [-0.4, -0.2) is 21.1 Å². The molecule has 6 nitrogen and oxygen atoms in total. The number of rotatable bonds is 3. The summed E-state index contributed by atoms with van der Waals surface area (Å²) in [5.74, 6) is -0.289. The molecule has 88 valence electrons. The number of carbonyl (C=O) groups is 1. The topological polar surface area (TPSA) is 96.7 Å². The van der Waals surface area contributed by atoms with Crippen LogP contribution in [0.25, 0.3) is 0 Å². The van der Waals surface area contributed by atoms with E-state index < -0.39 is 0 Å². The van der Waals surface area contributed by atoms with E-state index in [4.69, 9.17) is 5.73 Å². The number of hydrogen-bond donors (Lipinski definition) is 3. The van der Waals surface area contributed by atoms with Crippen molar-refractivity contribution in [3.63, 3.8) is 0 Å². The van der Waals surface area contributed by atoms with Gasteiger partial charge in [0, 0.05) is 5.69 Å². The SMILES string of the molecule is Cc1cccc(CNC(=O)c2[nH]ncc2N)n1. The highest BCUT2D eigenvalue weighted by atomic mass is 16.1. The van der Waals surface area contributed by atoms with E-state index in [1.54, 1.807) is 0 Å². The summed E-state index contributed by atoms with van der Waals surface area (Å²) in [7, 11) is 0. The number of H-pyrrole nitrogens is 1. The molecule has 2 aromatic rings. The summed E-state index contributed by atoms with van der Waals surface area (Å²) in [6, 6.07) is 5.65. The molecule has 0 aliphatic rings. The number of nitrogens with zero attached hydrogens (tertiary/aromatic N) is 2. The predicted octanol–water partition coefficient (Wildman–Crippen LogP) is 0.625. The number of aryl methyl sites for hydroxylation is 1. The molecule has 4 N–H and O–H groups in total. The number of aromatic amines is 1. The van der Waals surface area contributed by atoms with E-state index in [0.717, 1.165) is 11.4 Å². The quantitative estimate of drug-likeness (QED) is 0.721. The molecule has 0 aliphatic carbocycles. The average Bonchev–Trinajstić information content (AvgIpc) is 2.72. The molecule has 0 spiro atoms. The summed E-state index contributed by atoms with van der Waals surface area (Å²) in [6.07, 6.45) is 1.40. The lowest BCUT2D eigenvalue weighted by Crippen LogP contribution is -2.24. The molecule has 2 aromatic heterocycles. The molecule has 0 saturated heterocycles. The Kier molecular flexibility index (Phi) is 3.04. The van der Waals surface area contributed by atoms with Crippen LogP contribution in [0, 0.1) is 6.92 Å². The van der Waals surface area contributed by atoms with Gasteiger partial charge in [0.25, 0.3) is 5.91 Å². The highest BCUT2D eigenvalue weighted by Crippen LogP contribution is 2.05. The summed E-state index contributed by atoms with van der Waals surface area (Å²) in [5, 5.41) is 8.95. The number of nitrogen functional groups attached to an aromatic ring is 1. The molecule has 6 heteroatoms. The number of nitrogens with two attached hydrogens (primary N) is 1. The third-order valence-corrected chi connectivity index (χ3v) is 2.27. The maximum absolute atomic E-state index is 11.7. The Morgan fingerprint density at radius 3 is 3.00 bits per heavy atom. The molecule has 2 heterocycles. The number of pyridine rings is 1. The van der Waals surface area contributed by atoms with Crippen molar-refractivity contribution in [1.82, 2.24) is 20.5 Å². The van der Waals surface area contributed by atoms with Gasteiger partial charge in [0.05, 0.1) is 24.1 Å². The van der Waals surface area contributed by atoms with Gasteiger partial charge >= 0.3 is 0 Å². The highest BCUT2D eigenvalue weighted by molar-refractivity contribution is 5.96. The zero-order valence-electron chi connectivity index (χ0n) is 9.40. The van der Waals surface area contributed by atoms with E-state index in [1.165, 1.54) is 6.20 Å². The molecule has 0 bridgehead atoms. The summed E-state index contributed by atoms with van der Waals surface area (Å²) >= 11 is 0. The maximum atomic E-state index is 11.7. The molecule has 2 rings (SSSR count). The Labute approximate surface area is 98.3 Å². The number of carbonyl (C=O) groups excluding carboxylic acids is 1. The number of aromatic nitrogens is 3. The molecule has 0 unspecified atom stereocenters. The minimum Gasteiger partial charge on any atom is -0.396 e. The van der Waals surface area contributed by atoms with Crippen LogP contribution in [0.4, 0.5) is 5.69 Å². The third kappa shape index (κ3) is 2.60. The second kappa shape index (κ2) is 4.65. The van der Waals surface area contributed by atoms with Crippen LogP contribution in [0.3, 0.4) is 0 Å². The second-order valence-electron chi connectivity index (χ2n) is 3.65. The zero-order valence-corrected chi connectivity index (χ0v) is 9.40. The minimum absolute atomic E-state index is 0.276. The number of amides is 1. The molecule has 17 heavy (non-hydrogen) atoms. The third-order valence-electron chi connectivity index (χ3n) is 2.27. The largest absolute Gasteiger partial charge is 0.396 e. The zero-order chi connectivity index (χ0) is 12.3. The van der Waals surface area contributed by atoms with Gasteiger partial charge in [-0.15, -0.1) is 0 Å². The highest BCUT2D eigenvalue weighted by Gasteiger charge is 2.11. The standard InChI is InChI=1S/C11H13N5O/c1-7-3-2-4-8(15-7)5-13-11(17)10-9(12)6-14-16-10/h2-4,6H,5,12H2,1H3,(H,13,17)(H,14,16). The number of anilines is 1. The van der Waals surface area contributed by atoms with Crippen LogP contribution in [0.2, 0.25) is 0 Å². The van der Waals surface area contributed by atoms with E-state index in [-0.39, 0.29) is 11.6 Å². The van der Waals surface area contributed by atoms with Crippen LogP contribution in [0.5, 0.6) is 0 Å². The summed E-state index contributed by atoms with van der Waals surface area (Å²) in [5.41, 5.74) is 7.89. The van der Waals surface area contributed by atoms with Crippen molar-refractivity contribution in [3.05, 3.63) is 41.5 Å². The lowest BCUT2D eigenvalue weighted by molar-refractivity contribution is 0.0946. The smallest absolute Gasteiger partial charge is 0.271 e. The van der Waals surface area contributed by atoms with Gasteiger partial charge in [-0.1, -0.05) is 6.07 Å². The van der Waals surface area contributed by atoms with Crippen molar-refractivity contribution in [1.29, 1.82) is 0 Å². The van der Waals surface area contributed by atoms with E-state index in [2.05, 4.69) is 20.5 Å². The Hall–Kier alpha value is -2.37. The molecule has 0 saturated carbocycles. The lowest BCUT2D eigenvalue weighted by Gasteiger charge is -2.04. The summed E-state index contributed by atoms with van der Waals surface area (Å²) < 4.78 is 0. The van der Waals surface area contributed by atoms with E-state index in [0.29, 0.717) is 12.2 Å². The first-order valence-electron chi connectivity index (χ1n) is 5.16. The molecular formula is C11H13N5O. The van der Waals surface area contributed by atoms with Gasteiger partial charge in [-0.3, -0.25) is 14.9 Å². The molecule has 0 aromatic carbocycles. The average molecular weight is 231 g/mol. The van der Waals surface area contributed by atoms with E-state index >= 15 is 0 Å². The normalized spacial score (nSPS) is 10.2. The van der Waals surface area contributed by atoms with E-state index in [1.807, 2.05) is 25.1 Å². The molecule has 1 amide bonds. The van der Waals surface area contributed by atoms with Gasteiger partial charge in [0.15, 0.2) is 0 Å². The van der Waals surface area contributed by atoms with Crippen molar-refractivity contribution in [2.24, 2.45) is 0 Å². The molecule has 0 atom stereocenters. The Morgan fingerprint density at radius 1 is 1.53 bits per heavy atom. The number of hydrogen-bond acceptors (Lipinski definition) is 4. The maximum Gasteiger partial charge on any atom is 0.271 e. The molecule has 0 aliphatic heterocycles. The molecule has 0 fully saturated rings. The van der Waals surface area contributed by atoms with E-state index in [9.17, 15) is 4.79 Å². The Balaban J connectivity index is 1.99. The van der Waals surface area contributed by atoms with Crippen LogP contribution in [0.1, 0.15) is 21.9 Å². The Bertz CT molecular complexity index is 534.